The number of carbonyl (C=O) groups excluding carboxylic acids is 1. The number of hydrogen-bond acceptors (Lipinski definition) is 3. The number of aryl methyl sites for hydroxylation is 1. The minimum atomic E-state index is -0.0171. The summed E-state index contributed by atoms with van der Waals surface area (Å²) in [6.07, 6.45) is 0.985. The van der Waals surface area contributed by atoms with E-state index in [1.165, 1.54) is 0 Å². The number of rotatable bonds is 2. The molecule has 0 saturated carbocycles. The lowest BCUT2D eigenvalue weighted by Gasteiger charge is -2.13. The van der Waals surface area contributed by atoms with Gasteiger partial charge < -0.3 is 10.6 Å². The highest BCUT2D eigenvalue weighted by Gasteiger charge is 2.19. The van der Waals surface area contributed by atoms with Crippen LogP contribution in [-0.2, 0) is 0 Å². The Bertz CT molecular complexity index is 670. The highest BCUT2D eigenvalue weighted by atomic mass is 79.9. The molecule has 3 rings (SSSR count). The van der Waals surface area contributed by atoms with E-state index in [-0.39, 0.29) is 36.8 Å². The zero-order valence-electron chi connectivity index (χ0n) is 12.1. The molecule has 1 amide bonds. The van der Waals surface area contributed by atoms with Crippen LogP contribution in [0.3, 0.4) is 0 Å². The van der Waals surface area contributed by atoms with Crippen molar-refractivity contribution in [2.45, 2.75) is 19.4 Å². The number of benzene rings is 1. The van der Waals surface area contributed by atoms with Crippen molar-refractivity contribution in [3.63, 3.8) is 0 Å². The number of nitrogens with one attached hydrogen (secondary N) is 2. The predicted molar refractivity (Wildman–Crippen MR) is 97.4 cm³/mol. The van der Waals surface area contributed by atoms with E-state index in [0.29, 0.717) is 5.56 Å². The van der Waals surface area contributed by atoms with Crippen LogP contribution in [0, 0.1) is 6.92 Å². The molecule has 0 radical (unpaired) electrons. The highest BCUT2D eigenvalue weighted by molar-refractivity contribution is 9.10. The van der Waals surface area contributed by atoms with Crippen LogP contribution < -0.4 is 10.6 Å². The number of hydrogen-bond donors (Lipinski definition) is 2. The second kappa shape index (κ2) is 8.11. The first kappa shape index (κ1) is 19.2. The topological polar surface area (TPSA) is 54.0 Å². The maximum atomic E-state index is 12.5. The number of pyridine rings is 1. The lowest BCUT2D eigenvalue weighted by molar-refractivity contribution is 0.0941. The van der Waals surface area contributed by atoms with Crippen LogP contribution >= 0.6 is 40.7 Å². The van der Waals surface area contributed by atoms with Crippen LogP contribution in [0.5, 0.6) is 0 Å². The van der Waals surface area contributed by atoms with Gasteiger partial charge in [-0.25, -0.2) is 0 Å². The summed E-state index contributed by atoms with van der Waals surface area (Å²) in [6, 6.07) is 7.90. The SMILES string of the molecule is Cc1cc(C(=O)NC2CCNC2)c2ccc(Br)cc2n1.Cl.Cl. The van der Waals surface area contributed by atoms with Crippen LogP contribution in [0.15, 0.2) is 28.7 Å². The molecule has 0 spiro atoms. The Morgan fingerprint density at radius 3 is 2.82 bits per heavy atom. The Hall–Kier alpha value is -0.880. The van der Waals surface area contributed by atoms with Crippen LogP contribution in [0.1, 0.15) is 22.5 Å². The van der Waals surface area contributed by atoms with Crippen molar-refractivity contribution in [1.82, 2.24) is 15.6 Å². The van der Waals surface area contributed by atoms with Crippen LogP contribution in [0.25, 0.3) is 10.9 Å². The molecule has 120 valence electrons. The van der Waals surface area contributed by atoms with Gasteiger partial charge in [0.2, 0.25) is 0 Å². The largest absolute Gasteiger partial charge is 0.348 e. The number of carbonyl (C=O) groups is 1. The fourth-order valence-electron chi connectivity index (χ4n) is 2.56. The van der Waals surface area contributed by atoms with Gasteiger partial charge in [-0.2, -0.15) is 0 Å². The molecule has 4 nitrogen and oxygen atoms in total. The van der Waals surface area contributed by atoms with E-state index in [9.17, 15) is 4.79 Å². The first-order chi connectivity index (χ1) is 9.63. The fraction of sp³-hybridized carbons (Fsp3) is 0.333. The standard InChI is InChI=1S/C15H16BrN3O.2ClH/c1-9-6-13(15(20)19-11-4-5-17-8-11)12-3-2-10(16)7-14(12)18-9;;/h2-3,6-7,11,17H,4-5,8H2,1H3,(H,19,20);2*1H. The molecule has 1 aliphatic heterocycles. The molecule has 1 aromatic carbocycles. The van der Waals surface area contributed by atoms with Crippen LogP contribution in [0.2, 0.25) is 0 Å². The van der Waals surface area contributed by atoms with E-state index in [1.807, 2.05) is 31.2 Å². The summed E-state index contributed by atoms with van der Waals surface area (Å²) >= 11 is 3.44. The molecule has 22 heavy (non-hydrogen) atoms. The summed E-state index contributed by atoms with van der Waals surface area (Å²) in [7, 11) is 0. The average Bonchev–Trinajstić information content (AvgIpc) is 2.90. The molecule has 1 saturated heterocycles. The van der Waals surface area contributed by atoms with E-state index in [1.54, 1.807) is 0 Å². The lowest BCUT2D eigenvalue weighted by atomic mass is 10.1. The number of amides is 1. The minimum Gasteiger partial charge on any atom is -0.348 e. The zero-order valence-corrected chi connectivity index (χ0v) is 15.3. The maximum absolute atomic E-state index is 12.5. The summed E-state index contributed by atoms with van der Waals surface area (Å²) < 4.78 is 0.967. The second-order valence-corrected chi connectivity index (χ2v) is 6.05. The van der Waals surface area contributed by atoms with Crippen molar-refractivity contribution in [2.75, 3.05) is 13.1 Å². The van der Waals surface area contributed by atoms with Gasteiger partial charge in [0.1, 0.15) is 0 Å². The monoisotopic (exact) mass is 405 g/mol. The fourth-order valence-corrected chi connectivity index (χ4v) is 2.91. The van der Waals surface area contributed by atoms with Crippen molar-refractivity contribution >= 4 is 57.6 Å². The third-order valence-corrected chi connectivity index (χ3v) is 4.03. The first-order valence-electron chi connectivity index (χ1n) is 6.72. The Morgan fingerprint density at radius 1 is 1.36 bits per heavy atom. The van der Waals surface area contributed by atoms with Gasteiger partial charge in [-0.15, -0.1) is 24.8 Å². The summed E-state index contributed by atoms with van der Waals surface area (Å²) in [6.45, 7) is 3.72. The van der Waals surface area contributed by atoms with Crippen molar-refractivity contribution in [1.29, 1.82) is 0 Å². The molecule has 2 N–H and O–H groups in total. The molecule has 1 aromatic heterocycles. The number of halogens is 3. The third kappa shape index (κ3) is 4.10. The molecular formula is C15H18BrCl2N3O. The average molecular weight is 407 g/mol. The molecule has 1 fully saturated rings. The van der Waals surface area contributed by atoms with Crippen LogP contribution in [0.4, 0.5) is 0 Å². The van der Waals surface area contributed by atoms with E-state index in [0.717, 1.165) is 40.6 Å². The first-order valence-corrected chi connectivity index (χ1v) is 7.51. The van der Waals surface area contributed by atoms with Crippen molar-refractivity contribution in [2.24, 2.45) is 0 Å². The van der Waals surface area contributed by atoms with Gasteiger partial charge in [-0.05, 0) is 38.1 Å². The molecule has 1 atom stereocenters. The van der Waals surface area contributed by atoms with Gasteiger partial charge in [0.15, 0.2) is 0 Å². The Labute approximate surface area is 150 Å². The zero-order chi connectivity index (χ0) is 14.1. The molecule has 1 unspecified atom stereocenters. The Balaban J connectivity index is 0.00000121. The molecule has 2 aromatic rings. The Morgan fingerprint density at radius 2 is 2.14 bits per heavy atom. The molecule has 0 aliphatic carbocycles. The van der Waals surface area contributed by atoms with Gasteiger partial charge in [-0.3, -0.25) is 9.78 Å². The predicted octanol–water partition coefficient (Wildman–Crippen LogP) is 3.24. The third-order valence-electron chi connectivity index (χ3n) is 3.54. The van der Waals surface area contributed by atoms with Gasteiger partial charge in [-0.1, -0.05) is 22.0 Å². The van der Waals surface area contributed by atoms with Gasteiger partial charge in [0.25, 0.3) is 5.91 Å². The summed E-state index contributed by atoms with van der Waals surface area (Å²) in [5, 5.41) is 7.23. The van der Waals surface area contributed by atoms with E-state index in [4.69, 9.17) is 0 Å². The van der Waals surface area contributed by atoms with Crippen molar-refractivity contribution in [3.05, 3.63) is 40.0 Å². The van der Waals surface area contributed by atoms with Gasteiger partial charge in [0, 0.05) is 28.1 Å². The summed E-state index contributed by atoms with van der Waals surface area (Å²) in [5.41, 5.74) is 2.39. The van der Waals surface area contributed by atoms with E-state index >= 15 is 0 Å². The molecule has 2 heterocycles. The van der Waals surface area contributed by atoms with Crippen LogP contribution in [-0.4, -0.2) is 30.0 Å². The van der Waals surface area contributed by atoms with Crippen molar-refractivity contribution < 1.29 is 4.79 Å². The molecular weight excluding hydrogens is 389 g/mol. The van der Waals surface area contributed by atoms with E-state index < -0.39 is 0 Å². The van der Waals surface area contributed by atoms with Gasteiger partial charge in [0.05, 0.1) is 11.1 Å². The number of fused-ring (bicyclic) bond motifs is 1. The maximum Gasteiger partial charge on any atom is 0.252 e. The number of aromatic nitrogens is 1. The molecule has 0 bridgehead atoms. The molecule has 1 aliphatic rings. The lowest BCUT2D eigenvalue weighted by Crippen LogP contribution is -2.36. The normalized spacial score (nSPS) is 16.7. The quantitative estimate of drug-likeness (QED) is 0.804. The molecule has 7 heteroatoms. The summed E-state index contributed by atoms with van der Waals surface area (Å²) in [4.78, 5) is 17.0. The summed E-state index contributed by atoms with van der Waals surface area (Å²) in [5.74, 6) is -0.0171. The minimum absolute atomic E-state index is 0. The Kier molecular flexibility index (Phi) is 7.06. The second-order valence-electron chi connectivity index (χ2n) is 5.14. The van der Waals surface area contributed by atoms with Gasteiger partial charge >= 0.3 is 0 Å². The van der Waals surface area contributed by atoms with E-state index in [2.05, 4.69) is 31.5 Å². The van der Waals surface area contributed by atoms with Crippen molar-refractivity contribution in [3.8, 4) is 0 Å². The highest BCUT2D eigenvalue weighted by Crippen LogP contribution is 2.22. The number of nitrogens with zero attached hydrogens (tertiary/aromatic N) is 1. The smallest absolute Gasteiger partial charge is 0.252 e.